The van der Waals surface area contributed by atoms with E-state index in [1.165, 1.54) is 11.3 Å². The molecule has 1 aromatic carbocycles. The van der Waals surface area contributed by atoms with E-state index in [9.17, 15) is 4.79 Å². The maximum atomic E-state index is 12.3. The molecule has 0 bridgehead atoms. The van der Waals surface area contributed by atoms with E-state index in [2.05, 4.69) is 10.6 Å². The summed E-state index contributed by atoms with van der Waals surface area (Å²) in [6.07, 6.45) is 0. The molecule has 0 spiro atoms. The number of carbonyl (C=O) groups excluding carboxylic acids is 1. The van der Waals surface area contributed by atoms with E-state index < -0.39 is 0 Å². The fourth-order valence-electron chi connectivity index (χ4n) is 1.90. The Hall–Kier alpha value is -1.52. The van der Waals surface area contributed by atoms with Gasteiger partial charge in [0, 0.05) is 17.1 Å². The van der Waals surface area contributed by atoms with Gasteiger partial charge in [0.25, 0.3) is 5.91 Å². The van der Waals surface area contributed by atoms with Gasteiger partial charge >= 0.3 is 0 Å². The monoisotopic (exact) mass is 308 g/mol. The van der Waals surface area contributed by atoms with Crippen LogP contribution in [-0.4, -0.2) is 12.5 Å². The van der Waals surface area contributed by atoms with Gasteiger partial charge < -0.3 is 10.6 Å². The second-order valence-electron chi connectivity index (χ2n) is 4.47. The third kappa shape index (κ3) is 3.74. The van der Waals surface area contributed by atoms with Crippen LogP contribution in [0.1, 0.15) is 27.7 Å². The van der Waals surface area contributed by atoms with Gasteiger partial charge in [-0.3, -0.25) is 4.79 Å². The van der Waals surface area contributed by atoms with Crippen LogP contribution >= 0.6 is 22.9 Å². The molecule has 0 saturated heterocycles. The molecule has 0 atom stereocenters. The van der Waals surface area contributed by atoms with Gasteiger partial charge in [-0.05, 0) is 43.7 Å². The molecule has 0 aliphatic carbocycles. The van der Waals surface area contributed by atoms with Crippen molar-refractivity contribution in [2.75, 3.05) is 11.9 Å². The minimum absolute atomic E-state index is 0.0783. The van der Waals surface area contributed by atoms with E-state index in [0.29, 0.717) is 12.1 Å². The smallest absolute Gasteiger partial charge is 0.253 e. The lowest BCUT2D eigenvalue weighted by Crippen LogP contribution is -2.23. The molecule has 0 aliphatic heterocycles. The van der Waals surface area contributed by atoms with Crippen molar-refractivity contribution in [3.63, 3.8) is 0 Å². The summed E-state index contributed by atoms with van der Waals surface area (Å²) in [4.78, 5) is 13.3. The second kappa shape index (κ2) is 6.77. The first-order valence-corrected chi connectivity index (χ1v) is 7.66. The highest BCUT2D eigenvalue weighted by Crippen LogP contribution is 2.22. The number of halogens is 1. The van der Waals surface area contributed by atoms with Gasteiger partial charge in [-0.2, -0.15) is 0 Å². The zero-order chi connectivity index (χ0) is 14.5. The molecule has 5 heteroatoms. The summed E-state index contributed by atoms with van der Waals surface area (Å²) in [5.41, 5.74) is 2.66. The molecular formula is C15H17ClN2OS. The highest BCUT2D eigenvalue weighted by molar-refractivity contribution is 7.16. The quantitative estimate of drug-likeness (QED) is 0.874. The molecule has 2 rings (SSSR count). The summed E-state index contributed by atoms with van der Waals surface area (Å²) in [6, 6.07) is 9.54. The second-order valence-corrected chi connectivity index (χ2v) is 6.27. The Morgan fingerprint density at radius 2 is 2.10 bits per heavy atom. The van der Waals surface area contributed by atoms with Crippen molar-refractivity contribution in [2.45, 2.75) is 20.4 Å². The highest BCUT2D eigenvalue weighted by atomic mass is 35.5. The molecule has 0 radical (unpaired) electrons. The molecule has 0 saturated carbocycles. The Kier molecular flexibility index (Phi) is 5.04. The van der Waals surface area contributed by atoms with Gasteiger partial charge in [-0.15, -0.1) is 11.3 Å². The summed E-state index contributed by atoms with van der Waals surface area (Å²) >= 11 is 7.35. The normalized spacial score (nSPS) is 10.3. The molecule has 1 heterocycles. The number of benzene rings is 1. The molecule has 106 valence electrons. The van der Waals surface area contributed by atoms with E-state index in [1.54, 1.807) is 0 Å². The lowest BCUT2D eigenvalue weighted by Gasteiger charge is -2.11. The number of aryl methyl sites for hydroxylation is 1. The summed E-state index contributed by atoms with van der Waals surface area (Å²) < 4.78 is 0.734. The number of hydrogen-bond acceptors (Lipinski definition) is 3. The fourth-order valence-corrected chi connectivity index (χ4v) is 2.93. The van der Waals surface area contributed by atoms with Crippen LogP contribution in [0.2, 0.25) is 4.34 Å². The Labute approximate surface area is 128 Å². The zero-order valence-electron chi connectivity index (χ0n) is 11.5. The van der Waals surface area contributed by atoms with Crippen LogP contribution in [0.25, 0.3) is 0 Å². The van der Waals surface area contributed by atoms with Crippen LogP contribution in [0.15, 0.2) is 30.3 Å². The molecule has 2 N–H and O–H groups in total. The van der Waals surface area contributed by atoms with E-state index in [0.717, 1.165) is 27.0 Å². The first kappa shape index (κ1) is 14.9. The lowest BCUT2D eigenvalue weighted by atomic mass is 10.1. The third-order valence-corrected chi connectivity index (χ3v) is 4.07. The van der Waals surface area contributed by atoms with Gasteiger partial charge in [0.2, 0.25) is 0 Å². The predicted octanol–water partition coefficient (Wildman–Crippen LogP) is 4.07. The largest absolute Gasteiger partial charge is 0.385 e. The van der Waals surface area contributed by atoms with Gasteiger partial charge in [0.05, 0.1) is 16.4 Å². The van der Waals surface area contributed by atoms with Gasteiger partial charge in [0.15, 0.2) is 0 Å². The van der Waals surface area contributed by atoms with E-state index in [1.807, 2.05) is 44.2 Å². The standard InChI is InChI=1S/C15H17ClN2OS/c1-3-17-13-8-10(2)4-6-12(13)15(19)18-9-11-5-7-14(16)20-11/h4-8,17H,3,9H2,1-2H3,(H,18,19). The van der Waals surface area contributed by atoms with Gasteiger partial charge in [-0.25, -0.2) is 0 Å². The van der Waals surface area contributed by atoms with Gasteiger partial charge in [0.1, 0.15) is 0 Å². The Bertz CT molecular complexity index is 610. The number of nitrogens with one attached hydrogen (secondary N) is 2. The molecule has 2 aromatic rings. The minimum atomic E-state index is -0.0783. The maximum Gasteiger partial charge on any atom is 0.253 e. The van der Waals surface area contributed by atoms with E-state index >= 15 is 0 Å². The molecule has 20 heavy (non-hydrogen) atoms. The van der Waals surface area contributed by atoms with Crippen molar-refractivity contribution in [3.8, 4) is 0 Å². The number of rotatable bonds is 5. The third-order valence-electron chi connectivity index (χ3n) is 2.84. The fraction of sp³-hybridized carbons (Fsp3) is 0.267. The maximum absolute atomic E-state index is 12.3. The average Bonchev–Trinajstić information content (AvgIpc) is 2.82. The van der Waals surface area contributed by atoms with Crippen molar-refractivity contribution >= 4 is 34.5 Å². The molecule has 1 aromatic heterocycles. The molecular weight excluding hydrogens is 292 g/mol. The topological polar surface area (TPSA) is 41.1 Å². The minimum Gasteiger partial charge on any atom is -0.385 e. The highest BCUT2D eigenvalue weighted by Gasteiger charge is 2.11. The molecule has 0 fully saturated rings. The molecule has 0 unspecified atom stereocenters. The number of carbonyl (C=O) groups is 1. The van der Waals surface area contributed by atoms with Crippen LogP contribution in [-0.2, 0) is 6.54 Å². The van der Waals surface area contributed by atoms with Crippen LogP contribution < -0.4 is 10.6 Å². The molecule has 3 nitrogen and oxygen atoms in total. The van der Waals surface area contributed by atoms with Crippen LogP contribution in [0.5, 0.6) is 0 Å². The summed E-state index contributed by atoms with van der Waals surface area (Å²) in [5.74, 6) is -0.0783. The van der Waals surface area contributed by atoms with Gasteiger partial charge in [-0.1, -0.05) is 17.7 Å². The van der Waals surface area contributed by atoms with Crippen molar-refractivity contribution < 1.29 is 4.79 Å². The number of hydrogen-bond donors (Lipinski definition) is 2. The van der Waals surface area contributed by atoms with Crippen molar-refractivity contribution in [3.05, 3.63) is 50.7 Å². The SMILES string of the molecule is CCNc1cc(C)ccc1C(=O)NCc1ccc(Cl)s1. The van der Waals surface area contributed by atoms with Crippen LogP contribution in [0.4, 0.5) is 5.69 Å². The summed E-state index contributed by atoms with van der Waals surface area (Å²) in [6.45, 7) is 5.30. The first-order valence-electron chi connectivity index (χ1n) is 6.47. The van der Waals surface area contributed by atoms with Crippen molar-refractivity contribution in [1.82, 2.24) is 5.32 Å². The zero-order valence-corrected chi connectivity index (χ0v) is 13.1. The molecule has 0 aliphatic rings. The van der Waals surface area contributed by atoms with Crippen molar-refractivity contribution in [1.29, 1.82) is 0 Å². The summed E-state index contributed by atoms with van der Waals surface area (Å²) in [5, 5.41) is 6.14. The average molecular weight is 309 g/mol. The number of amides is 1. The van der Waals surface area contributed by atoms with Crippen LogP contribution in [0.3, 0.4) is 0 Å². The predicted molar refractivity (Wildman–Crippen MR) is 85.8 cm³/mol. The van der Waals surface area contributed by atoms with E-state index in [4.69, 9.17) is 11.6 Å². The Morgan fingerprint density at radius 3 is 2.75 bits per heavy atom. The number of anilines is 1. The Morgan fingerprint density at radius 1 is 1.30 bits per heavy atom. The van der Waals surface area contributed by atoms with E-state index in [-0.39, 0.29) is 5.91 Å². The molecule has 1 amide bonds. The lowest BCUT2D eigenvalue weighted by molar-refractivity contribution is 0.0952. The number of thiophene rings is 1. The Balaban J connectivity index is 2.08. The summed E-state index contributed by atoms with van der Waals surface area (Å²) in [7, 11) is 0. The first-order chi connectivity index (χ1) is 9.60. The van der Waals surface area contributed by atoms with Crippen molar-refractivity contribution in [2.24, 2.45) is 0 Å². The van der Waals surface area contributed by atoms with Crippen LogP contribution in [0, 0.1) is 6.92 Å².